The SMILES string of the molecule is Cc1cc2nc(CN(C)C(=O)[C@@H]3CCC(=O)N(C4CC4)C3)[nH]c2cc1C. The van der Waals surface area contributed by atoms with Crippen molar-refractivity contribution in [1.29, 1.82) is 0 Å². The summed E-state index contributed by atoms with van der Waals surface area (Å²) in [5.74, 6) is 1.03. The Hall–Kier alpha value is -2.37. The fraction of sp³-hybridized carbons (Fsp3) is 0.550. The van der Waals surface area contributed by atoms with E-state index >= 15 is 0 Å². The molecule has 1 N–H and O–H groups in total. The van der Waals surface area contributed by atoms with Gasteiger partial charge in [0.1, 0.15) is 5.82 Å². The molecule has 6 nitrogen and oxygen atoms in total. The largest absolute Gasteiger partial charge is 0.340 e. The van der Waals surface area contributed by atoms with Crippen LogP contribution in [0.15, 0.2) is 12.1 Å². The number of nitrogens with one attached hydrogen (secondary N) is 1. The second kappa shape index (κ2) is 6.41. The van der Waals surface area contributed by atoms with Crippen molar-refractivity contribution in [3.05, 3.63) is 29.1 Å². The summed E-state index contributed by atoms with van der Waals surface area (Å²) in [6.45, 7) is 5.19. The highest BCUT2D eigenvalue weighted by molar-refractivity contribution is 5.84. The molecule has 1 aliphatic heterocycles. The normalized spacial score (nSPS) is 20.7. The number of hydrogen-bond donors (Lipinski definition) is 1. The molecule has 0 spiro atoms. The number of nitrogens with zero attached hydrogens (tertiary/aromatic N) is 3. The van der Waals surface area contributed by atoms with Gasteiger partial charge < -0.3 is 14.8 Å². The van der Waals surface area contributed by atoms with Gasteiger partial charge in [0.25, 0.3) is 0 Å². The number of amides is 2. The predicted octanol–water partition coefficient (Wildman–Crippen LogP) is 2.54. The van der Waals surface area contributed by atoms with Gasteiger partial charge in [-0.15, -0.1) is 0 Å². The van der Waals surface area contributed by atoms with Crippen LogP contribution in [0, 0.1) is 19.8 Å². The van der Waals surface area contributed by atoms with E-state index in [0.717, 1.165) is 29.7 Å². The molecule has 138 valence electrons. The van der Waals surface area contributed by atoms with E-state index in [-0.39, 0.29) is 17.7 Å². The molecular weight excluding hydrogens is 328 g/mol. The number of carbonyl (C=O) groups is 2. The molecule has 0 unspecified atom stereocenters. The Morgan fingerprint density at radius 3 is 2.73 bits per heavy atom. The molecule has 2 fully saturated rings. The van der Waals surface area contributed by atoms with Crippen LogP contribution in [0.4, 0.5) is 0 Å². The van der Waals surface area contributed by atoms with Crippen molar-refractivity contribution in [2.75, 3.05) is 13.6 Å². The number of aromatic nitrogens is 2. The van der Waals surface area contributed by atoms with Gasteiger partial charge in [0.05, 0.1) is 23.5 Å². The highest BCUT2D eigenvalue weighted by Crippen LogP contribution is 2.32. The lowest BCUT2D eigenvalue weighted by atomic mass is 9.96. The summed E-state index contributed by atoms with van der Waals surface area (Å²) in [5.41, 5.74) is 4.38. The minimum atomic E-state index is -0.0906. The molecule has 4 rings (SSSR count). The van der Waals surface area contributed by atoms with Crippen molar-refractivity contribution in [3.63, 3.8) is 0 Å². The maximum absolute atomic E-state index is 12.9. The molecule has 0 radical (unpaired) electrons. The number of hydrogen-bond acceptors (Lipinski definition) is 3. The number of imidazole rings is 1. The van der Waals surface area contributed by atoms with E-state index in [1.165, 1.54) is 11.1 Å². The van der Waals surface area contributed by atoms with Gasteiger partial charge in [-0.3, -0.25) is 9.59 Å². The molecule has 1 saturated heterocycles. The predicted molar refractivity (Wildman–Crippen MR) is 99.5 cm³/mol. The van der Waals surface area contributed by atoms with Crippen LogP contribution < -0.4 is 0 Å². The Kier molecular flexibility index (Phi) is 4.21. The van der Waals surface area contributed by atoms with Crippen molar-refractivity contribution in [2.24, 2.45) is 5.92 Å². The molecule has 2 heterocycles. The molecular formula is C20H26N4O2. The first-order valence-corrected chi connectivity index (χ1v) is 9.42. The fourth-order valence-electron chi connectivity index (χ4n) is 3.82. The zero-order valence-electron chi connectivity index (χ0n) is 15.7. The Morgan fingerprint density at radius 1 is 1.27 bits per heavy atom. The maximum Gasteiger partial charge on any atom is 0.227 e. The van der Waals surface area contributed by atoms with E-state index in [1.807, 2.05) is 11.9 Å². The summed E-state index contributed by atoms with van der Waals surface area (Å²) in [4.78, 5) is 36.5. The number of piperidine rings is 1. The lowest BCUT2D eigenvalue weighted by Gasteiger charge is -2.33. The minimum Gasteiger partial charge on any atom is -0.340 e. The lowest BCUT2D eigenvalue weighted by molar-refractivity contribution is -0.143. The quantitative estimate of drug-likeness (QED) is 0.917. The summed E-state index contributed by atoms with van der Waals surface area (Å²) in [7, 11) is 1.82. The molecule has 1 aliphatic carbocycles. The van der Waals surface area contributed by atoms with E-state index in [0.29, 0.717) is 32.0 Å². The summed E-state index contributed by atoms with van der Waals surface area (Å²) < 4.78 is 0. The van der Waals surface area contributed by atoms with Crippen molar-refractivity contribution >= 4 is 22.8 Å². The highest BCUT2D eigenvalue weighted by atomic mass is 16.2. The van der Waals surface area contributed by atoms with Crippen LogP contribution in [0.5, 0.6) is 0 Å². The number of rotatable bonds is 4. The number of aryl methyl sites for hydroxylation is 2. The Balaban J connectivity index is 1.44. The average molecular weight is 354 g/mol. The standard InChI is InChI=1S/C20H26N4O2/c1-12-8-16-17(9-13(12)2)22-18(21-16)11-23(3)20(26)14-4-7-19(25)24(10-14)15-5-6-15/h8-9,14-15H,4-7,10-11H2,1-3H3,(H,21,22)/t14-/m1/s1. The van der Waals surface area contributed by atoms with Crippen molar-refractivity contribution in [3.8, 4) is 0 Å². The molecule has 0 bridgehead atoms. The molecule has 1 aromatic carbocycles. The average Bonchev–Trinajstić information content (AvgIpc) is 3.37. The van der Waals surface area contributed by atoms with E-state index in [9.17, 15) is 9.59 Å². The molecule has 1 atom stereocenters. The van der Waals surface area contributed by atoms with Crippen LogP contribution in [0.25, 0.3) is 11.0 Å². The highest BCUT2D eigenvalue weighted by Gasteiger charge is 2.39. The van der Waals surface area contributed by atoms with Crippen LogP contribution in [0.2, 0.25) is 0 Å². The molecule has 2 amide bonds. The van der Waals surface area contributed by atoms with Gasteiger partial charge in [0.15, 0.2) is 0 Å². The third kappa shape index (κ3) is 3.20. The summed E-state index contributed by atoms with van der Waals surface area (Å²) >= 11 is 0. The Labute approximate surface area is 153 Å². The van der Waals surface area contributed by atoms with Gasteiger partial charge in [-0.25, -0.2) is 4.98 Å². The maximum atomic E-state index is 12.9. The second-order valence-electron chi connectivity index (χ2n) is 7.84. The number of likely N-dealkylation sites (tertiary alicyclic amines) is 1. The van der Waals surface area contributed by atoms with Gasteiger partial charge in [0.2, 0.25) is 11.8 Å². The Bertz CT molecular complexity index is 829. The first kappa shape index (κ1) is 17.1. The monoisotopic (exact) mass is 354 g/mol. The van der Waals surface area contributed by atoms with E-state index in [2.05, 4.69) is 35.9 Å². The minimum absolute atomic E-state index is 0.0906. The topological polar surface area (TPSA) is 69.3 Å². The van der Waals surface area contributed by atoms with Gasteiger partial charge in [-0.2, -0.15) is 0 Å². The number of aromatic amines is 1. The summed E-state index contributed by atoms with van der Waals surface area (Å²) in [5, 5.41) is 0. The summed E-state index contributed by atoms with van der Waals surface area (Å²) in [6.07, 6.45) is 3.31. The van der Waals surface area contributed by atoms with E-state index in [4.69, 9.17) is 0 Å². The third-order valence-corrected chi connectivity index (χ3v) is 5.69. The van der Waals surface area contributed by atoms with Gasteiger partial charge >= 0.3 is 0 Å². The zero-order chi connectivity index (χ0) is 18.4. The molecule has 2 aromatic rings. The number of fused-ring (bicyclic) bond motifs is 1. The molecule has 1 saturated carbocycles. The van der Waals surface area contributed by atoms with Crippen molar-refractivity contribution in [2.45, 2.75) is 52.1 Å². The van der Waals surface area contributed by atoms with Crippen LogP contribution in [0.3, 0.4) is 0 Å². The van der Waals surface area contributed by atoms with Crippen LogP contribution in [-0.2, 0) is 16.1 Å². The van der Waals surface area contributed by atoms with Gasteiger partial charge in [0, 0.05) is 26.1 Å². The number of carbonyl (C=O) groups excluding carboxylic acids is 2. The number of H-pyrrole nitrogens is 1. The van der Waals surface area contributed by atoms with Gasteiger partial charge in [-0.1, -0.05) is 0 Å². The second-order valence-corrected chi connectivity index (χ2v) is 7.84. The third-order valence-electron chi connectivity index (χ3n) is 5.69. The smallest absolute Gasteiger partial charge is 0.227 e. The fourth-order valence-corrected chi connectivity index (χ4v) is 3.82. The van der Waals surface area contributed by atoms with Crippen LogP contribution in [0.1, 0.15) is 42.6 Å². The first-order valence-electron chi connectivity index (χ1n) is 9.42. The zero-order valence-corrected chi connectivity index (χ0v) is 15.7. The lowest BCUT2D eigenvalue weighted by Crippen LogP contribution is -2.46. The Morgan fingerprint density at radius 2 is 2.00 bits per heavy atom. The molecule has 2 aliphatic rings. The van der Waals surface area contributed by atoms with Crippen molar-refractivity contribution in [1.82, 2.24) is 19.8 Å². The van der Waals surface area contributed by atoms with Crippen LogP contribution >= 0.6 is 0 Å². The molecule has 26 heavy (non-hydrogen) atoms. The van der Waals surface area contributed by atoms with Crippen LogP contribution in [-0.4, -0.2) is 51.2 Å². The van der Waals surface area contributed by atoms with Crippen molar-refractivity contribution < 1.29 is 9.59 Å². The first-order chi connectivity index (χ1) is 12.4. The number of benzene rings is 1. The van der Waals surface area contributed by atoms with E-state index < -0.39 is 0 Å². The summed E-state index contributed by atoms with van der Waals surface area (Å²) in [6, 6.07) is 4.56. The van der Waals surface area contributed by atoms with E-state index in [1.54, 1.807) is 4.90 Å². The molecule has 6 heteroatoms. The molecule has 1 aromatic heterocycles. The van der Waals surface area contributed by atoms with Gasteiger partial charge in [-0.05, 0) is 56.4 Å².